The van der Waals surface area contributed by atoms with E-state index in [1.165, 1.54) is 11.3 Å². The molecule has 0 bridgehead atoms. The summed E-state index contributed by atoms with van der Waals surface area (Å²) < 4.78 is 0. The van der Waals surface area contributed by atoms with E-state index >= 15 is 0 Å². The maximum absolute atomic E-state index is 11.6. The summed E-state index contributed by atoms with van der Waals surface area (Å²) >= 11 is 0. The quantitative estimate of drug-likeness (QED) is 0.892. The van der Waals surface area contributed by atoms with Crippen molar-refractivity contribution >= 4 is 5.69 Å². The summed E-state index contributed by atoms with van der Waals surface area (Å²) in [6.07, 6.45) is 1.82. The van der Waals surface area contributed by atoms with Crippen molar-refractivity contribution in [2.75, 3.05) is 18.5 Å². The second-order valence-electron chi connectivity index (χ2n) is 4.95. The molecule has 2 aromatic rings. The highest BCUT2D eigenvalue weighted by Gasteiger charge is 2.16. The van der Waals surface area contributed by atoms with Gasteiger partial charge >= 0.3 is 0 Å². The average molecular weight is 255 g/mol. The third-order valence-corrected chi connectivity index (χ3v) is 3.64. The standard InChI is InChI=1S/C15H17N3O/c1-3-12-9-14(19)17-15(16-12)11-4-5-13-10(8-11)6-7-18(13)2/h4-5,8-9H,3,6-7H2,1-2H3,(H,16,17,19). The van der Waals surface area contributed by atoms with Gasteiger partial charge in [0.2, 0.25) is 0 Å². The second kappa shape index (κ2) is 4.53. The van der Waals surface area contributed by atoms with Crippen molar-refractivity contribution in [1.82, 2.24) is 9.97 Å². The first-order chi connectivity index (χ1) is 9.17. The first kappa shape index (κ1) is 12.0. The van der Waals surface area contributed by atoms with Gasteiger partial charge in [0.15, 0.2) is 0 Å². The van der Waals surface area contributed by atoms with Crippen molar-refractivity contribution in [3.63, 3.8) is 0 Å². The maximum Gasteiger partial charge on any atom is 0.251 e. The van der Waals surface area contributed by atoms with Crippen molar-refractivity contribution in [2.45, 2.75) is 19.8 Å². The zero-order chi connectivity index (χ0) is 13.4. The van der Waals surface area contributed by atoms with E-state index in [1.807, 2.05) is 13.0 Å². The predicted octanol–water partition coefficient (Wildman–Crippen LogP) is 1.99. The highest BCUT2D eigenvalue weighted by Crippen LogP contribution is 2.29. The van der Waals surface area contributed by atoms with E-state index < -0.39 is 0 Å². The smallest absolute Gasteiger partial charge is 0.251 e. The predicted molar refractivity (Wildman–Crippen MR) is 76.6 cm³/mol. The van der Waals surface area contributed by atoms with Crippen LogP contribution in [0.4, 0.5) is 5.69 Å². The highest BCUT2D eigenvalue weighted by molar-refractivity contribution is 5.66. The summed E-state index contributed by atoms with van der Waals surface area (Å²) in [5.41, 5.74) is 4.33. The molecule has 1 aromatic heterocycles. The minimum Gasteiger partial charge on any atom is -0.374 e. The number of likely N-dealkylation sites (N-methyl/N-ethyl adjacent to an activating group) is 1. The molecule has 2 heterocycles. The Morgan fingerprint density at radius 1 is 1.37 bits per heavy atom. The molecule has 0 fully saturated rings. The molecule has 1 N–H and O–H groups in total. The summed E-state index contributed by atoms with van der Waals surface area (Å²) in [5, 5.41) is 0. The summed E-state index contributed by atoms with van der Waals surface area (Å²) in [6, 6.07) is 7.83. The lowest BCUT2D eigenvalue weighted by atomic mass is 10.1. The number of anilines is 1. The van der Waals surface area contributed by atoms with Crippen LogP contribution in [0.25, 0.3) is 11.4 Å². The zero-order valence-corrected chi connectivity index (χ0v) is 11.2. The third-order valence-electron chi connectivity index (χ3n) is 3.64. The number of aryl methyl sites for hydroxylation is 1. The van der Waals surface area contributed by atoms with Crippen molar-refractivity contribution < 1.29 is 0 Å². The van der Waals surface area contributed by atoms with Gasteiger partial charge in [0.25, 0.3) is 5.56 Å². The van der Waals surface area contributed by atoms with Crippen LogP contribution in [0, 0.1) is 0 Å². The minimum atomic E-state index is -0.0838. The molecule has 1 aliphatic heterocycles. The number of aromatic nitrogens is 2. The van der Waals surface area contributed by atoms with E-state index in [2.05, 4.69) is 34.0 Å². The van der Waals surface area contributed by atoms with E-state index in [1.54, 1.807) is 6.07 Å². The Balaban J connectivity index is 2.08. The molecule has 19 heavy (non-hydrogen) atoms. The fraction of sp³-hybridized carbons (Fsp3) is 0.333. The minimum absolute atomic E-state index is 0.0838. The Kier molecular flexibility index (Phi) is 2.85. The van der Waals surface area contributed by atoms with Crippen LogP contribution < -0.4 is 10.5 Å². The van der Waals surface area contributed by atoms with E-state index in [0.29, 0.717) is 5.82 Å². The van der Waals surface area contributed by atoms with E-state index in [0.717, 1.165) is 30.6 Å². The van der Waals surface area contributed by atoms with Gasteiger partial charge in [-0.15, -0.1) is 0 Å². The zero-order valence-electron chi connectivity index (χ0n) is 11.2. The number of aromatic amines is 1. The van der Waals surface area contributed by atoms with E-state index in [4.69, 9.17) is 0 Å². The van der Waals surface area contributed by atoms with Gasteiger partial charge in [-0.25, -0.2) is 4.98 Å². The lowest BCUT2D eigenvalue weighted by molar-refractivity contribution is 0.956. The van der Waals surface area contributed by atoms with Gasteiger partial charge in [0.1, 0.15) is 5.82 Å². The first-order valence-corrected chi connectivity index (χ1v) is 6.62. The summed E-state index contributed by atoms with van der Waals surface area (Å²) in [4.78, 5) is 21.2. The Morgan fingerprint density at radius 3 is 3.00 bits per heavy atom. The number of fused-ring (bicyclic) bond motifs is 1. The fourth-order valence-corrected chi connectivity index (χ4v) is 2.54. The fourth-order valence-electron chi connectivity index (χ4n) is 2.54. The number of rotatable bonds is 2. The van der Waals surface area contributed by atoms with Gasteiger partial charge in [0.05, 0.1) is 0 Å². The van der Waals surface area contributed by atoms with Gasteiger partial charge in [0, 0.05) is 36.6 Å². The topological polar surface area (TPSA) is 49.0 Å². The molecule has 3 rings (SSSR count). The van der Waals surface area contributed by atoms with Crippen LogP contribution in [-0.4, -0.2) is 23.6 Å². The molecule has 4 heteroatoms. The maximum atomic E-state index is 11.6. The third kappa shape index (κ3) is 2.14. The van der Waals surface area contributed by atoms with E-state index in [-0.39, 0.29) is 5.56 Å². The number of nitrogens with one attached hydrogen (secondary N) is 1. The van der Waals surface area contributed by atoms with Gasteiger partial charge in [-0.2, -0.15) is 0 Å². The number of nitrogens with zero attached hydrogens (tertiary/aromatic N) is 2. The van der Waals surface area contributed by atoms with Crippen LogP contribution in [0.5, 0.6) is 0 Å². The molecule has 0 unspecified atom stereocenters. The Bertz CT molecular complexity index is 675. The lowest BCUT2D eigenvalue weighted by Crippen LogP contribution is -2.12. The monoisotopic (exact) mass is 255 g/mol. The second-order valence-corrected chi connectivity index (χ2v) is 4.95. The number of H-pyrrole nitrogens is 1. The van der Waals surface area contributed by atoms with Crippen molar-refractivity contribution in [3.05, 3.63) is 45.9 Å². The highest BCUT2D eigenvalue weighted by atomic mass is 16.1. The van der Waals surface area contributed by atoms with Gasteiger partial charge in [-0.1, -0.05) is 6.92 Å². The normalized spacial score (nSPS) is 13.7. The molecule has 0 radical (unpaired) electrons. The molecular formula is C15H17N3O. The molecule has 0 saturated heterocycles. The molecule has 0 saturated carbocycles. The van der Waals surface area contributed by atoms with Crippen LogP contribution in [0.2, 0.25) is 0 Å². The summed E-state index contributed by atoms with van der Waals surface area (Å²) in [7, 11) is 2.10. The van der Waals surface area contributed by atoms with Crippen LogP contribution in [-0.2, 0) is 12.8 Å². The SMILES string of the molecule is CCc1cc(=O)[nH]c(-c2ccc3c(c2)CCN3C)n1. The molecule has 0 aliphatic carbocycles. The van der Waals surface area contributed by atoms with Crippen molar-refractivity contribution in [2.24, 2.45) is 0 Å². The summed E-state index contributed by atoms with van der Waals surface area (Å²) in [6.45, 7) is 3.06. The van der Waals surface area contributed by atoms with Crippen LogP contribution in [0.1, 0.15) is 18.2 Å². The van der Waals surface area contributed by atoms with Crippen molar-refractivity contribution in [3.8, 4) is 11.4 Å². The molecule has 1 aliphatic rings. The Morgan fingerprint density at radius 2 is 2.21 bits per heavy atom. The average Bonchev–Trinajstić information content (AvgIpc) is 2.79. The Labute approximate surface area is 112 Å². The molecule has 0 spiro atoms. The largest absolute Gasteiger partial charge is 0.374 e. The molecule has 1 aromatic carbocycles. The molecule has 4 nitrogen and oxygen atoms in total. The lowest BCUT2D eigenvalue weighted by Gasteiger charge is -2.12. The molecule has 0 amide bonds. The number of hydrogen-bond acceptors (Lipinski definition) is 3. The first-order valence-electron chi connectivity index (χ1n) is 6.62. The van der Waals surface area contributed by atoms with Crippen LogP contribution >= 0.6 is 0 Å². The molecule has 98 valence electrons. The van der Waals surface area contributed by atoms with Crippen LogP contribution in [0.15, 0.2) is 29.1 Å². The number of hydrogen-bond donors (Lipinski definition) is 1. The molecule has 0 atom stereocenters. The van der Waals surface area contributed by atoms with E-state index in [9.17, 15) is 4.79 Å². The van der Waals surface area contributed by atoms with Gasteiger partial charge < -0.3 is 9.88 Å². The van der Waals surface area contributed by atoms with Crippen molar-refractivity contribution in [1.29, 1.82) is 0 Å². The van der Waals surface area contributed by atoms with Crippen LogP contribution in [0.3, 0.4) is 0 Å². The summed E-state index contributed by atoms with van der Waals surface area (Å²) in [5.74, 6) is 0.668. The van der Waals surface area contributed by atoms with Gasteiger partial charge in [-0.3, -0.25) is 4.79 Å². The Hall–Kier alpha value is -2.10. The van der Waals surface area contributed by atoms with Gasteiger partial charge in [-0.05, 0) is 36.6 Å². The number of benzene rings is 1. The molecular weight excluding hydrogens is 238 g/mol.